The number of pyridine rings is 1. The van der Waals surface area contributed by atoms with Crippen LogP contribution in [0.3, 0.4) is 0 Å². The average molecular weight is 367 g/mol. The Morgan fingerprint density at radius 1 is 1.31 bits per heavy atom. The lowest BCUT2D eigenvalue weighted by Crippen LogP contribution is -2.24. The van der Waals surface area contributed by atoms with Crippen molar-refractivity contribution < 1.29 is 22.7 Å². The largest absolute Gasteiger partial charge is 0.482 e. The summed E-state index contributed by atoms with van der Waals surface area (Å²) in [5.74, 6) is -0.447. The zero-order valence-corrected chi connectivity index (χ0v) is 14.2. The van der Waals surface area contributed by atoms with Crippen molar-refractivity contribution in [3.63, 3.8) is 0 Å². The van der Waals surface area contributed by atoms with Crippen LogP contribution >= 0.6 is 0 Å². The third kappa shape index (κ3) is 6.72. The monoisotopic (exact) mass is 367 g/mol. The van der Waals surface area contributed by atoms with Crippen molar-refractivity contribution in [1.82, 2.24) is 4.98 Å². The van der Waals surface area contributed by atoms with Crippen LogP contribution < -0.4 is 15.8 Å². The van der Waals surface area contributed by atoms with E-state index in [2.05, 4.69) is 10.3 Å². The highest BCUT2D eigenvalue weighted by molar-refractivity contribution is 5.92. The summed E-state index contributed by atoms with van der Waals surface area (Å²) in [6, 6.07) is 9.73. The van der Waals surface area contributed by atoms with E-state index >= 15 is 0 Å². The number of alkyl halides is 3. The number of anilines is 1. The first kappa shape index (κ1) is 19.7. The lowest BCUT2D eigenvalue weighted by Gasteiger charge is -2.16. The van der Waals surface area contributed by atoms with Crippen LogP contribution in [0.4, 0.5) is 18.9 Å². The number of hydrogen-bond donors (Lipinski definition) is 2. The third-order valence-electron chi connectivity index (χ3n) is 3.33. The van der Waals surface area contributed by atoms with Crippen molar-refractivity contribution in [1.29, 1.82) is 0 Å². The van der Waals surface area contributed by atoms with Gasteiger partial charge >= 0.3 is 6.18 Å². The van der Waals surface area contributed by atoms with Crippen LogP contribution in [0.1, 0.15) is 24.6 Å². The van der Waals surface area contributed by atoms with Crippen LogP contribution in [0.2, 0.25) is 0 Å². The summed E-state index contributed by atoms with van der Waals surface area (Å²) in [7, 11) is 0. The van der Waals surface area contributed by atoms with E-state index in [4.69, 9.17) is 10.5 Å². The number of carbonyl (C=O) groups excluding carboxylic acids is 1. The molecule has 1 atom stereocenters. The van der Waals surface area contributed by atoms with Gasteiger partial charge in [0.05, 0.1) is 5.69 Å². The lowest BCUT2D eigenvalue weighted by atomic mass is 10.1. The van der Waals surface area contributed by atoms with Gasteiger partial charge in [0.1, 0.15) is 5.75 Å². The topological polar surface area (TPSA) is 77.2 Å². The first-order chi connectivity index (χ1) is 12.2. The van der Waals surface area contributed by atoms with E-state index in [0.717, 1.165) is 11.3 Å². The number of ether oxygens (including phenoxy) is 1. The zero-order valence-electron chi connectivity index (χ0n) is 14.2. The van der Waals surface area contributed by atoms with Gasteiger partial charge in [-0.2, -0.15) is 13.2 Å². The Hall–Kier alpha value is -2.61. The molecule has 5 nitrogen and oxygen atoms in total. The molecule has 26 heavy (non-hydrogen) atoms. The smallest absolute Gasteiger partial charge is 0.422 e. The molecule has 1 unspecified atom stereocenters. The molecule has 0 radical (unpaired) electrons. The molecule has 1 aromatic carbocycles. The molecule has 2 aromatic rings. The minimum Gasteiger partial charge on any atom is -0.482 e. The molecule has 0 spiro atoms. The van der Waals surface area contributed by atoms with Gasteiger partial charge < -0.3 is 15.8 Å². The molecular weight excluding hydrogens is 347 g/mol. The molecule has 0 aliphatic carbocycles. The van der Waals surface area contributed by atoms with Crippen molar-refractivity contribution >= 4 is 11.6 Å². The van der Waals surface area contributed by atoms with Gasteiger partial charge in [-0.3, -0.25) is 9.78 Å². The molecule has 1 heterocycles. The predicted molar refractivity (Wildman–Crippen MR) is 91.9 cm³/mol. The standard InChI is InChI=1S/C18H20F3N3O2/c1-12(22)8-17(25)24-15-10-13(9-14-4-2-3-7-23-14)5-6-16(15)26-11-18(19,20)21/h2-7,10,12H,8-9,11,22H2,1H3,(H,24,25). The fourth-order valence-corrected chi connectivity index (χ4v) is 2.28. The number of halogens is 3. The molecule has 0 saturated heterocycles. The lowest BCUT2D eigenvalue weighted by molar-refractivity contribution is -0.153. The van der Waals surface area contributed by atoms with E-state index in [9.17, 15) is 18.0 Å². The number of carbonyl (C=O) groups is 1. The highest BCUT2D eigenvalue weighted by Gasteiger charge is 2.29. The molecule has 0 fully saturated rings. The summed E-state index contributed by atoms with van der Waals surface area (Å²) in [6.45, 7) is 0.223. The van der Waals surface area contributed by atoms with E-state index in [1.807, 2.05) is 12.1 Å². The number of hydrogen-bond acceptors (Lipinski definition) is 4. The molecule has 0 bridgehead atoms. The fourth-order valence-electron chi connectivity index (χ4n) is 2.28. The zero-order chi connectivity index (χ0) is 19.2. The van der Waals surface area contributed by atoms with Crippen LogP contribution in [-0.4, -0.2) is 29.7 Å². The predicted octanol–water partition coefficient (Wildman–Crippen LogP) is 3.29. The summed E-state index contributed by atoms with van der Waals surface area (Å²) in [5, 5.41) is 2.57. The second-order valence-electron chi connectivity index (χ2n) is 5.96. The van der Waals surface area contributed by atoms with Gasteiger partial charge in [-0.15, -0.1) is 0 Å². The maximum atomic E-state index is 12.4. The van der Waals surface area contributed by atoms with E-state index in [0.29, 0.717) is 6.42 Å². The molecule has 1 amide bonds. The number of amides is 1. The average Bonchev–Trinajstić information content (AvgIpc) is 2.53. The Bertz CT molecular complexity index is 734. The summed E-state index contributed by atoms with van der Waals surface area (Å²) >= 11 is 0. The quantitative estimate of drug-likeness (QED) is 0.787. The summed E-state index contributed by atoms with van der Waals surface area (Å²) in [6.07, 6.45) is -2.30. The van der Waals surface area contributed by atoms with Crippen LogP contribution in [0.15, 0.2) is 42.6 Å². The SMILES string of the molecule is CC(N)CC(=O)Nc1cc(Cc2ccccn2)ccc1OCC(F)(F)F. The Balaban J connectivity index is 2.21. The van der Waals surface area contributed by atoms with Crippen LogP contribution in [0, 0.1) is 0 Å². The molecule has 0 aliphatic rings. The maximum Gasteiger partial charge on any atom is 0.422 e. The number of nitrogens with zero attached hydrogens (tertiary/aromatic N) is 1. The van der Waals surface area contributed by atoms with Crippen molar-refractivity contribution in [2.45, 2.75) is 32.0 Å². The third-order valence-corrected chi connectivity index (χ3v) is 3.33. The first-order valence-corrected chi connectivity index (χ1v) is 8.01. The Morgan fingerprint density at radius 3 is 2.69 bits per heavy atom. The van der Waals surface area contributed by atoms with E-state index in [-0.39, 0.29) is 23.9 Å². The molecule has 1 aromatic heterocycles. The second-order valence-corrected chi connectivity index (χ2v) is 5.96. The van der Waals surface area contributed by atoms with Gasteiger partial charge in [-0.25, -0.2) is 0 Å². The first-order valence-electron chi connectivity index (χ1n) is 8.01. The second kappa shape index (κ2) is 8.66. The molecule has 140 valence electrons. The van der Waals surface area contributed by atoms with Gasteiger partial charge in [0, 0.05) is 30.8 Å². The molecule has 3 N–H and O–H groups in total. The van der Waals surface area contributed by atoms with Gasteiger partial charge in [0.2, 0.25) is 5.91 Å². The molecule has 0 saturated carbocycles. The normalized spacial score (nSPS) is 12.5. The van der Waals surface area contributed by atoms with Crippen molar-refractivity contribution in [2.24, 2.45) is 5.73 Å². The maximum absolute atomic E-state index is 12.4. The number of nitrogens with two attached hydrogens (primary N) is 1. The van der Waals surface area contributed by atoms with Gasteiger partial charge in [-0.05, 0) is 36.8 Å². The van der Waals surface area contributed by atoms with Gasteiger partial charge in [0.25, 0.3) is 0 Å². The number of rotatable bonds is 7. The molecule has 8 heteroatoms. The van der Waals surface area contributed by atoms with Gasteiger partial charge in [0.15, 0.2) is 6.61 Å². The Kier molecular flexibility index (Phi) is 6.57. The van der Waals surface area contributed by atoms with Crippen LogP contribution in [0.25, 0.3) is 0 Å². The van der Waals surface area contributed by atoms with Crippen LogP contribution in [0.5, 0.6) is 5.75 Å². The Morgan fingerprint density at radius 2 is 2.08 bits per heavy atom. The van der Waals surface area contributed by atoms with E-state index < -0.39 is 18.7 Å². The fraction of sp³-hybridized carbons (Fsp3) is 0.333. The van der Waals surface area contributed by atoms with Gasteiger partial charge in [-0.1, -0.05) is 12.1 Å². The summed E-state index contributed by atoms with van der Waals surface area (Å²) in [4.78, 5) is 16.2. The summed E-state index contributed by atoms with van der Waals surface area (Å²) in [5.41, 5.74) is 7.33. The van der Waals surface area contributed by atoms with E-state index in [1.165, 1.54) is 6.07 Å². The number of aromatic nitrogens is 1. The Labute approximate surface area is 149 Å². The highest BCUT2D eigenvalue weighted by Crippen LogP contribution is 2.29. The van der Waals surface area contributed by atoms with Crippen molar-refractivity contribution in [2.75, 3.05) is 11.9 Å². The van der Waals surface area contributed by atoms with Crippen molar-refractivity contribution in [3.05, 3.63) is 53.9 Å². The molecule has 2 rings (SSSR count). The minimum atomic E-state index is -4.47. The van der Waals surface area contributed by atoms with Crippen LogP contribution in [-0.2, 0) is 11.2 Å². The highest BCUT2D eigenvalue weighted by atomic mass is 19.4. The van der Waals surface area contributed by atoms with E-state index in [1.54, 1.807) is 31.3 Å². The number of nitrogens with one attached hydrogen (secondary N) is 1. The minimum absolute atomic E-state index is 0.0448. The number of benzene rings is 1. The summed E-state index contributed by atoms with van der Waals surface area (Å²) < 4.78 is 42.1. The molecular formula is C18H20F3N3O2. The molecule has 0 aliphatic heterocycles. The van der Waals surface area contributed by atoms with Crippen molar-refractivity contribution in [3.8, 4) is 5.75 Å².